The number of hydrogen-bond acceptors (Lipinski definition) is 4. The molecule has 2 aromatic heterocycles. The third kappa shape index (κ3) is 4.97. The molecule has 0 saturated carbocycles. The van der Waals surface area contributed by atoms with E-state index in [-0.39, 0.29) is 11.9 Å². The summed E-state index contributed by atoms with van der Waals surface area (Å²) < 4.78 is 1.85. The lowest BCUT2D eigenvalue weighted by Gasteiger charge is -2.34. The highest BCUT2D eigenvalue weighted by atomic mass is 16.2. The number of nitrogens with one attached hydrogen (secondary N) is 2. The maximum absolute atomic E-state index is 12.9. The summed E-state index contributed by atoms with van der Waals surface area (Å²) in [6.07, 6.45) is 10.3. The van der Waals surface area contributed by atoms with E-state index in [1.807, 2.05) is 58.1 Å². The summed E-state index contributed by atoms with van der Waals surface area (Å²) in [5.41, 5.74) is 4.61. The van der Waals surface area contributed by atoms with Gasteiger partial charge in [-0.25, -0.2) is 9.78 Å². The number of carbonyl (C=O) groups excluding carboxylic acids is 2. The molecule has 0 atom stereocenters. The first-order valence-electron chi connectivity index (χ1n) is 11.8. The molecule has 2 N–H and O–H groups in total. The molecule has 1 aromatic carbocycles. The number of nitrogens with zero attached hydrogens (tertiary/aromatic N) is 4. The van der Waals surface area contributed by atoms with Gasteiger partial charge < -0.3 is 24.8 Å². The molecule has 3 amide bonds. The van der Waals surface area contributed by atoms with Gasteiger partial charge in [0.15, 0.2) is 0 Å². The fourth-order valence-electron chi connectivity index (χ4n) is 4.70. The Balaban J connectivity index is 1.15. The van der Waals surface area contributed by atoms with E-state index in [0.717, 1.165) is 55.8 Å². The minimum Gasteiger partial charge on any atom is -0.338 e. The van der Waals surface area contributed by atoms with Crippen molar-refractivity contribution in [2.45, 2.75) is 19.3 Å². The maximum Gasteiger partial charge on any atom is 0.323 e. The van der Waals surface area contributed by atoms with E-state index < -0.39 is 0 Å². The summed E-state index contributed by atoms with van der Waals surface area (Å²) in [4.78, 5) is 33.7. The average Bonchev–Trinajstić information content (AvgIpc) is 3.33. The van der Waals surface area contributed by atoms with Gasteiger partial charge >= 0.3 is 6.03 Å². The largest absolute Gasteiger partial charge is 0.338 e. The number of hydrogen-bond donors (Lipinski definition) is 2. The zero-order valence-electron chi connectivity index (χ0n) is 19.4. The van der Waals surface area contributed by atoms with Crippen LogP contribution in [0, 0.1) is 5.92 Å². The molecule has 176 valence electrons. The number of aromatic nitrogens is 2. The predicted molar refractivity (Wildman–Crippen MR) is 134 cm³/mol. The Kier molecular flexibility index (Phi) is 6.31. The molecule has 0 spiro atoms. The van der Waals surface area contributed by atoms with Crippen LogP contribution in [0.1, 0.15) is 24.8 Å². The summed E-state index contributed by atoms with van der Waals surface area (Å²) >= 11 is 0. The molecular formula is C26H30N6O2. The Bertz CT molecular complexity index is 1210. The van der Waals surface area contributed by atoms with Crippen molar-refractivity contribution in [1.29, 1.82) is 0 Å². The second-order valence-electron chi connectivity index (χ2n) is 9.11. The molecule has 4 heterocycles. The molecule has 0 bridgehead atoms. The molecule has 8 heteroatoms. The van der Waals surface area contributed by atoms with Crippen molar-refractivity contribution in [3.63, 3.8) is 0 Å². The van der Waals surface area contributed by atoms with Crippen molar-refractivity contribution in [3.05, 3.63) is 66.6 Å². The van der Waals surface area contributed by atoms with Crippen LogP contribution in [0.2, 0.25) is 0 Å². The number of benzene rings is 1. The second-order valence-corrected chi connectivity index (χ2v) is 9.11. The van der Waals surface area contributed by atoms with E-state index in [4.69, 9.17) is 0 Å². The average molecular weight is 459 g/mol. The fraction of sp³-hybridized carbons (Fsp3) is 0.346. The summed E-state index contributed by atoms with van der Waals surface area (Å²) in [5, 5.41) is 5.72. The van der Waals surface area contributed by atoms with Crippen molar-refractivity contribution in [1.82, 2.24) is 19.2 Å². The first-order chi connectivity index (χ1) is 16.5. The van der Waals surface area contributed by atoms with E-state index >= 15 is 0 Å². The Hall–Kier alpha value is -3.65. The van der Waals surface area contributed by atoms with Crippen LogP contribution in [0.3, 0.4) is 0 Å². The van der Waals surface area contributed by atoms with Crippen LogP contribution >= 0.6 is 0 Å². The van der Waals surface area contributed by atoms with Crippen LogP contribution in [0.15, 0.2) is 61.1 Å². The Labute approximate surface area is 199 Å². The van der Waals surface area contributed by atoms with Crippen LogP contribution in [-0.4, -0.2) is 64.3 Å². The minimum absolute atomic E-state index is 0.171. The van der Waals surface area contributed by atoms with Crippen LogP contribution in [0.4, 0.5) is 16.2 Å². The van der Waals surface area contributed by atoms with Crippen molar-refractivity contribution in [2.24, 2.45) is 5.92 Å². The van der Waals surface area contributed by atoms with E-state index in [1.54, 1.807) is 6.20 Å². The molecule has 0 unspecified atom stereocenters. The van der Waals surface area contributed by atoms with Crippen molar-refractivity contribution in [2.75, 3.05) is 43.9 Å². The number of amides is 3. The summed E-state index contributed by atoms with van der Waals surface area (Å²) in [6, 6.07) is 11.2. The lowest BCUT2D eigenvalue weighted by molar-refractivity contribution is -0.136. The molecule has 0 aliphatic carbocycles. The standard InChI is InChI=1S/C26H30N6O2/c1-30-13-8-21(9-14-30)25(33)31-15-10-20(11-16-31)19-2-4-22(5-3-19)28-26(34)29-23-6-7-24-27-12-17-32(24)18-23/h2-7,10,12,17-18,21H,8-9,11,13-16H2,1H3,(H2,28,29,34). The van der Waals surface area contributed by atoms with Gasteiger partial charge in [0.1, 0.15) is 5.65 Å². The number of piperidine rings is 1. The molecule has 5 rings (SSSR count). The molecule has 0 radical (unpaired) electrons. The van der Waals surface area contributed by atoms with Crippen molar-refractivity contribution in [3.8, 4) is 0 Å². The van der Waals surface area contributed by atoms with Gasteiger partial charge in [0.25, 0.3) is 0 Å². The zero-order valence-corrected chi connectivity index (χ0v) is 19.4. The molecular weight excluding hydrogens is 428 g/mol. The summed E-state index contributed by atoms with van der Waals surface area (Å²) in [7, 11) is 2.12. The van der Waals surface area contributed by atoms with E-state index in [0.29, 0.717) is 18.1 Å². The lowest BCUT2D eigenvalue weighted by atomic mass is 9.93. The lowest BCUT2D eigenvalue weighted by Crippen LogP contribution is -2.43. The van der Waals surface area contributed by atoms with E-state index in [1.165, 1.54) is 5.57 Å². The topological polar surface area (TPSA) is 82.0 Å². The highest BCUT2D eigenvalue weighted by Gasteiger charge is 2.28. The SMILES string of the molecule is CN1CCC(C(=O)N2CC=C(c3ccc(NC(=O)Nc4ccc5nccn5c4)cc3)CC2)CC1. The number of pyridine rings is 1. The second kappa shape index (κ2) is 9.69. The molecule has 1 fully saturated rings. The third-order valence-corrected chi connectivity index (χ3v) is 6.75. The zero-order chi connectivity index (χ0) is 23.5. The molecule has 1 saturated heterocycles. The first kappa shape index (κ1) is 22.2. The monoisotopic (exact) mass is 458 g/mol. The molecule has 3 aromatic rings. The highest BCUT2D eigenvalue weighted by Crippen LogP contribution is 2.26. The quantitative estimate of drug-likeness (QED) is 0.621. The predicted octanol–water partition coefficient (Wildman–Crippen LogP) is 3.94. The third-order valence-electron chi connectivity index (χ3n) is 6.75. The van der Waals surface area contributed by atoms with Gasteiger partial charge in [0.05, 0.1) is 5.69 Å². The van der Waals surface area contributed by atoms with Gasteiger partial charge in [-0.2, -0.15) is 0 Å². The van der Waals surface area contributed by atoms with Gasteiger partial charge in [-0.1, -0.05) is 18.2 Å². The number of anilines is 2. The number of likely N-dealkylation sites (tertiary alicyclic amines) is 1. The van der Waals surface area contributed by atoms with Crippen LogP contribution < -0.4 is 10.6 Å². The van der Waals surface area contributed by atoms with E-state index in [9.17, 15) is 9.59 Å². The van der Waals surface area contributed by atoms with Crippen LogP contribution in [0.5, 0.6) is 0 Å². The van der Waals surface area contributed by atoms with Crippen molar-refractivity contribution >= 4 is 34.5 Å². The number of carbonyl (C=O) groups is 2. The molecule has 2 aliphatic rings. The summed E-state index contributed by atoms with van der Waals surface area (Å²) in [6.45, 7) is 3.44. The van der Waals surface area contributed by atoms with Gasteiger partial charge in [0, 0.05) is 43.3 Å². The number of fused-ring (bicyclic) bond motifs is 1. The smallest absolute Gasteiger partial charge is 0.323 e. The van der Waals surface area contributed by atoms with Crippen molar-refractivity contribution < 1.29 is 9.59 Å². The maximum atomic E-state index is 12.9. The number of urea groups is 1. The molecule has 34 heavy (non-hydrogen) atoms. The van der Waals surface area contributed by atoms with Crippen LogP contribution in [0.25, 0.3) is 11.2 Å². The number of imidazole rings is 1. The van der Waals surface area contributed by atoms with Gasteiger partial charge in [0.2, 0.25) is 5.91 Å². The molecule has 8 nitrogen and oxygen atoms in total. The fourth-order valence-corrected chi connectivity index (χ4v) is 4.70. The van der Waals surface area contributed by atoms with Gasteiger partial charge in [-0.05, 0) is 74.8 Å². The normalized spacial score (nSPS) is 17.4. The molecule has 2 aliphatic heterocycles. The number of rotatable bonds is 4. The minimum atomic E-state index is -0.299. The Morgan fingerprint density at radius 2 is 1.71 bits per heavy atom. The van der Waals surface area contributed by atoms with E-state index in [2.05, 4.69) is 33.6 Å². The highest BCUT2D eigenvalue weighted by molar-refractivity contribution is 5.99. The summed E-state index contributed by atoms with van der Waals surface area (Å²) in [5.74, 6) is 0.477. The first-order valence-corrected chi connectivity index (χ1v) is 11.8. The Morgan fingerprint density at radius 3 is 2.44 bits per heavy atom. The van der Waals surface area contributed by atoms with Gasteiger partial charge in [-0.3, -0.25) is 4.79 Å². The van der Waals surface area contributed by atoms with Gasteiger partial charge in [-0.15, -0.1) is 0 Å². The Morgan fingerprint density at radius 1 is 0.971 bits per heavy atom. The van der Waals surface area contributed by atoms with Crippen LogP contribution in [-0.2, 0) is 4.79 Å².